The third-order valence-electron chi connectivity index (χ3n) is 13.5. The minimum atomic E-state index is -2.17. The van der Waals surface area contributed by atoms with Gasteiger partial charge in [-0.05, 0) is 0 Å². The van der Waals surface area contributed by atoms with Crippen molar-refractivity contribution in [3.8, 4) is 0 Å². The van der Waals surface area contributed by atoms with Crippen LogP contribution in [0, 0.1) is 0 Å². The van der Waals surface area contributed by atoms with E-state index < -0.39 is 233 Å². The number of rotatable bonds is 20. The fourth-order valence-electron chi connectivity index (χ4n) is 9.28. The van der Waals surface area contributed by atoms with Gasteiger partial charge in [-0.25, -0.2) is 9.59 Å². The number of nitrogens with one attached hydrogen (secondary N) is 2. The van der Waals surface area contributed by atoms with Gasteiger partial charge < -0.3 is 180 Å². The molecule has 0 aromatic carbocycles. The largest absolute Gasteiger partial charge is 1.00 e. The molecule has 6 rings (SSSR count). The van der Waals surface area contributed by atoms with Crippen LogP contribution < -0.4 is 91.4 Å². The topological polar surface area (TPSA) is 659 Å². The molecule has 6 aliphatic rings. The Bertz CT molecular complexity index is 2050. The summed E-state index contributed by atoms with van der Waals surface area (Å²) in [6.07, 6.45) is -54.9. The summed E-state index contributed by atoms with van der Waals surface area (Å²) in [5.41, 5.74) is 10.6. The molecule has 0 aliphatic carbocycles. The monoisotopic (exact) mass is 1280 g/mol. The third-order valence-corrected chi connectivity index (χ3v) is 13.5. The van der Waals surface area contributed by atoms with Crippen LogP contribution in [0.1, 0.15) is 13.8 Å². The molecule has 6 saturated heterocycles. The average molecular weight is 1280 g/mol. The second-order valence-electron chi connectivity index (χ2n) is 19.5. The predicted molar refractivity (Wildman–Crippen MR) is 247 cm³/mol. The maximum atomic E-state index is 12.6. The maximum absolute atomic E-state index is 12.6. The molecule has 0 spiro atoms. The van der Waals surface area contributed by atoms with Crippen molar-refractivity contribution in [2.45, 2.75) is 198 Å². The number of aliphatic hydroxyl groups is 16. The number of nitrogens with two attached hydrogens (primary N) is 2. The van der Waals surface area contributed by atoms with Gasteiger partial charge in [-0.1, -0.05) is 0 Å². The number of ether oxygens (including phenoxy) is 12. The zero-order valence-corrected chi connectivity index (χ0v) is 50.0. The number of aliphatic carboxylic acids is 2. The molecule has 484 valence electrons. The van der Waals surface area contributed by atoms with Crippen LogP contribution in [-0.4, -0.2) is 341 Å². The first-order valence-corrected chi connectivity index (χ1v) is 25.4. The summed E-state index contributed by atoms with van der Waals surface area (Å²) in [5.74, 6) is -7.84. The number of carboxylic acid groups (broad SMARTS) is 2. The van der Waals surface area contributed by atoms with Crippen LogP contribution in [0.25, 0.3) is 0 Å². The van der Waals surface area contributed by atoms with Crippen molar-refractivity contribution in [1.29, 1.82) is 0 Å². The zero-order valence-electron chi connectivity index (χ0n) is 46.0. The van der Waals surface area contributed by atoms with Crippen molar-refractivity contribution in [2.24, 2.45) is 11.5 Å². The summed E-state index contributed by atoms with van der Waals surface area (Å²) in [6.45, 7) is -0.646. The smallest absolute Gasteiger partial charge is 0.547 e. The van der Waals surface area contributed by atoms with E-state index in [-0.39, 0.29) is 85.4 Å². The van der Waals surface area contributed by atoms with Crippen LogP contribution >= 0.6 is 0 Å². The van der Waals surface area contributed by atoms with E-state index in [1.54, 1.807) is 0 Å². The van der Waals surface area contributed by atoms with Crippen molar-refractivity contribution < 1.29 is 237 Å². The van der Waals surface area contributed by atoms with Crippen molar-refractivity contribution in [2.75, 3.05) is 39.5 Å². The Hall–Kier alpha value is -2.30. The molecule has 0 bridgehead atoms. The number of carboxylic acids is 2. The summed E-state index contributed by atoms with van der Waals surface area (Å²) in [7, 11) is 0. The number of hydrogen-bond donors (Lipinski definition) is 20. The molecule has 0 aromatic heterocycles. The number of aliphatic hydroxyl groups excluding tert-OH is 16. The van der Waals surface area contributed by atoms with Gasteiger partial charge in [-0.15, -0.1) is 0 Å². The summed E-state index contributed by atoms with van der Waals surface area (Å²) in [4.78, 5) is 71.7. The van der Waals surface area contributed by atoms with E-state index >= 15 is 0 Å². The Balaban J connectivity index is 0.000000440. The second-order valence-corrected chi connectivity index (χ2v) is 19.5. The summed E-state index contributed by atoms with van der Waals surface area (Å²) in [6, 6.07) is -3.30. The predicted octanol–water partition coefficient (Wildman–Crippen LogP) is -24.3. The van der Waals surface area contributed by atoms with Gasteiger partial charge in [0.1, 0.15) is 147 Å². The minimum Gasteiger partial charge on any atom is -0.547 e. The molecule has 6 fully saturated rings. The SMILES string of the molecule is CC(=O)N[C@H]1[C@@H](O[C@H]2[C@H](O)[C@@H](O)[C@H](O)O[C@@H]2C(=O)OCCN)O[C@H](CO)[C@@H](O[C@@H]2O[C@H](C(=O)[O-])[C@@H](O)[C@H](O)[C@H]2O)[C@@H]1O.CC(=O)N[C@H]1[C@@H](O[C@H]2[C@H](O)[C@@H](O)[C@H](O)O[C@@H]2C(=O)OCCN)O[C@H](CO)[C@@H](O[C@@H]2O[C@H](C(=O)[O-])[C@@H](O)[C@H](O)[C@H]2O)[C@@H]1O.[Na+].[Na+]. The van der Waals surface area contributed by atoms with Crippen molar-refractivity contribution in [3.63, 3.8) is 0 Å². The van der Waals surface area contributed by atoms with Gasteiger partial charge >= 0.3 is 71.1 Å². The molecule has 0 aromatic rings. The molecule has 2 amide bonds. The van der Waals surface area contributed by atoms with E-state index in [0.717, 1.165) is 13.8 Å². The van der Waals surface area contributed by atoms with Crippen molar-refractivity contribution in [3.05, 3.63) is 0 Å². The van der Waals surface area contributed by atoms with Crippen molar-refractivity contribution in [1.82, 2.24) is 10.6 Å². The normalized spacial score (nSPS) is 43.3. The van der Waals surface area contributed by atoms with Crippen LogP contribution in [0.5, 0.6) is 0 Å². The molecule has 30 atom stereocenters. The summed E-state index contributed by atoms with van der Waals surface area (Å²) >= 11 is 0. The number of hydrogen-bond acceptors (Lipinski definition) is 38. The van der Waals surface area contributed by atoms with Crippen LogP contribution in [0.3, 0.4) is 0 Å². The van der Waals surface area contributed by atoms with Gasteiger partial charge in [0.25, 0.3) is 0 Å². The summed E-state index contributed by atoms with van der Waals surface area (Å²) in [5, 5.41) is 191. The van der Waals surface area contributed by atoms with Gasteiger partial charge in [-0.2, -0.15) is 0 Å². The molecule has 0 unspecified atom stereocenters. The maximum Gasteiger partial charge on any atom is 1.00 e. The van der Waals surface area contributed by atoms with Crippen LogP contribution in [0.2, 0.25) is 0 Å². The first-order valence-electron chi connectivity index (χ1n) is 25.4. The molecule has 42 heteroatoms. The van der Waals surface area contributed by atoms with Crippen LogP contribution in [0.4, 0.5) is 0 Å². The number of carbonyl (C=O) groups excluding carboxylic acids is 6. The fraction of sp³-hybridized carbons (Fsp3) is 0.864. The van der Waals surface area contributed by atoms with Gasteiger partial charge in [0, 0.05) is 26.9 Å². The van der Waals surface area contributed by atoms with E-state index in [4.69, 9.17) is 68.3 Å². The molecular formula is C44H70N4Na2O36. The van der Waals surface area contributed by atoms with Gasteiger partial charge in [-0.3, -0.25) is 9.59 Å². The third kappa shape index (κ3) is 18.5. The second kappa shape index (κ2) is 34.9. The molecule has 22 N–H and O–H groups in total. The first kappa shape index (κ1) is 77.9. The number of carbonyl (C=O) groups is 6. The Morgan fingerprint density at radius 1 is 0.407 bits per heavy atom. The Labute approximate surface area is 529 Å². The quantitative estimate of drug-likeness (QED) is 0.0398. The zero-order chi connectivity index (χ0) is 62.9. The Morgan fingerprint density at radius 3 is 1.00 bits per heavy atom. The molecule has 40 nitrogen and oxygen atoms in total. The number of esters is 2. The summed E-state index contributed by atoms with van der Waals surface area (Å²) < 4.78 is 63.3. The molecule has 0 radical (unpaired) electrons. The Kier molecular flexibility index (Phi) is 31.7. The van der Waals surface area contributed by atoms with Crippen LogP contribution in [0.15, 0.2) is 0 Å². The number of amides is 2. The van der Waals surface area contributed by atoms with E-state index in [9.17, 15) is 121 Å². The van der Waals surface area contributed by atoms with Crippen LogP contribution in [-0.2, 0) is 85.6 Å². The van der Waals surface area contributed by atoms with Gasteiger partial charge in [0.05, 0.1) is 25.2 Å². The van der Waals surface area contributed by atoms with E-state index in [0.29, 0.717) is 0 Å². The molecule has 86 heavy (non-hydrogen) atoms. The van der Waals surface area contributed by atoms with E-state index in [2.05, 4.69) is 10.6 Å². The molecule has 0 saturated carbocycles. The Morgan fingerprint density at radius 2 is 0.721 bits per heavy atom. The first-order chi connectivity index (χ1) is 39.4. The molecule has 6 heterocycles. The van der Waals surface area contributed by atoms with Gasteiger partial charge in [0.2, 0.25) is 11.8 Å². The van der Waals surface area contributed by atoms with Crippen molar-refractivity contribution >= 4 is 35.7 Å². The molecular weight excluding hydrogens is 1210 g/mol. The van der Waals surface area contributed by atoms with E-state index in [1.165, 1.54) is 0 Å². The average Bonchev–Trinajstić information content (AvgIpc) is 1.09. The van der Waals surface area contributed by atoms with Gasteiger partial charge in [0.15, 0.2) is 49.9 Å². The van der Waals surface area contributed by atoms with E-state index in [1.807, 2.05) is 0 Å². The molecule has 6 aliphatic heterocycles. The minimum absolute atomic E-state index is 0. The standard InChI is InChI=1S/2C22H36N2O18.2Na/c2*1-5(26)24-7-8(27)14(40-22-13(32)9(28)10(29)16(42-22)18(33)34)6(4-25)38-21(7)41-15-11(30)12(31)19(35)39-17(15)20(36)37-3-2-23;;/h2*6-17,19,21-22,25,27-32,35H,2-4,23H2,1H3,(H,24,26)(H,33,34);;/q;;2*+1/p-2/t2*6-,7-,8-,9+,10+,11-,12-,13-,14-,15+,16+,17+,19-,21-,22-;;/m11../s1. The fourth-order valence-corrected chi connectivity index (χ4v) is 9.28.